The lowest BCUT2D eigenvalue weighted by atomic mass is 9.96. The minimum absolute atomic E-state index is 0.101. The number of nitrogens with zero attached hydrogens (tertiary/aromatic N) is 4. The van der Waals surface area contributed by atoms with Gasteiger partial charge >= 0.3 is 0 Å². The van der Waals surface area contributed by atoms with Crippen LogP contribution in [0.25, 0.3) is 0 Å². The quantitative estimate of drug-likeness (QED) is 0.820. The number of aliphatic imine (C=N–C) groups is 1. The summed E-state index contributed by atoms with van der Waals surface area (Å²) in [5.41, 5.74) is 5.34. The molecule has 3 aliphatic rings. The fourth-order valence-electron chi connectivity index (χ4n) is 4.45. The summed E-state index contributed by atoms with van der Waals surface area (Å²) in [6.07, 6.45) is 4.53. The van der Waals surface area contributed by atoms with E-state index in [-0.39, 0.29) is 12.1 Å². The molecule has 0 N–H and O–H groups in total. The number of hydrogen-bond donors (Lipinski definition) is 0. The summed E-state index contributed by atoms with van der Waals surface area (Å²) in [5.74, 6) is 0. The third-order valence-corrected chi connectivity index (χ3v) is 6.74. The molecule has 130 valence electrons. The molecule has 1 aliphatic carbocycles. The van der Waals surface area contributed by atoms with Gasteiger partial charge in [-0.2, -0.15) is 0 Å². The molecule has 0 spiro atoms. The van der Waals surface area contributed by atoms with Crippen molar-refractivity contribution in [3.05, 3.63) is 53.1 Å². The van der Waals surface area contributed by atoms with Crippen molar-refractivity contribution >= 4 is 16.9 Å². The zero-order valence-corrected chi connectivity index (χ0v) is 15.8. The summed E-state index contributed by atoms with van der Waals surface area (Å²) in [4.78, 5) is 12.3. The standard InChI is InChI=1S/C20H24N4S/c1-12-10-16(14(3)24(12)15-7-8-15)19-18(17-6-4-5-9-21-17)22-20-23(19)11-13(2)25-20/h4-6,9-10,13,15,18-19H,7-8,11H2,1-3H3. The normalized spacial score (nSPS) is 28.4. The van der Waals surface area contributed by atoms with Crippen molar-refractivity contribution < 1.29 is 0 Å². The number of aromatic nitrogens is 2. The van der Waals surface area contributed by atoms with Gasteiger partial charge in [-0.05, 0) is 50.5 Å². The van der Waals surface area contributed by atoms with Crippen LogP contribution in [0.15, 0.2) is 35.5 Å². The van der Waals surface area contributed by atoms with Crippen molar-refractivity contribution in [2.45, 2.75) is 57.0 Å². The Labute approximate surface area is 153 Å². The Morgan fingerprint density at radius 3 is 2.76 bits per heavy atom. The predicted octanol–water partition coefficient (Wildman–Crippen LogP) is 4.42. The lowest BCUT2D eigenvalue weighted by Gasteiger charge is -2.27. The first-order valence-corrected chi connectivity index (χ1v) is 10.1. The zero-order valence-electron chi connectivity index (χ0n) is 15.0. The number of thioether (sulfide) groups is 1. The Kier molecular flexibility index (Phi) is 3.49. The summed E-state index contributed by atoms with van der Waals surface area (Å²) in [7, 11) is 0. The van der Waals surface area contributed by atoms with Crippen molar-refractivity contribution in [1.29, 1.82) is 0 Å². The maximum absolute atomic E-state index is 5.10. The van der Waals surface area contributed by atoms with Gasteiger partial charge in [0.1, 0.15) is 6.04 Å². The fraction of sp³-hybridized carbons (Fsp3) is 0.500. The van der Waals surface area contributed by atoms with Crippen LogP contribution in [0.2, 0.25) is 0 Å². The molecule has 3 atom stereocenters. The molecule has 0 bridgehead atoms. The highest BCUT2D eigenvalue weighted by atomic mass is 32.2. The maximum atomic E-state index is 5.10. The van der Waals surface area contributed by atoms with Crippen LogP contribution in [-0.2, 0) is 0 Å². The molecule has 1 saturated heterocycles. The van der Waals surface area contributed by atoms with E-state index in [9.17, 15) is 0 Å². The molecular formula is C20H24N4S. The SMILES string of the molecule is Cc1cc(C2C(c3ccccn3)N=C3SC(C)CN32)c(C)n1C1CC1. The number of aryl methyl sites for hydroxylation is 1. The van der Waals surface area contributed by atoms with Crippen molar-refractivity contribution in [1.82, 2.24) is 14.5 Å². The van der Waals surface area contributed by atoms with Gasteiger partial charge in [0, 0.05) is 35.4 Å². The van der Waals surface area contributed by atoms with Gasteiger partial charge in [0.2, 0.25) is 0 Å². The molecular weight excluding hydrogens is 328 g/mol. The highest BCUT2D eigenvalue weighted by Gasteiger charge is 2.45. The monoisotopic (exact) mass is 352 g/mol. The second kappa shape index (κ2) is 5.63. The van der Waals surface area contributed by atoms with Crippen molar-refractivity contribution in [2.24, 2.45) is 4.99 Å². The lowest BCUT2D eigenvalue weighted by molar-refractivity contribution is 0.320. The predicted molar refractivity (Wildman–Crippen MR) is 103 cm³/mol. The average Bonchev–Trinajstić information content (AvgIpc) is 3.19. The third-order valence-electron chi connectivity index (χ3n) is 5.64. The van der Waals surface area contributed by atoms with Crippen LogP contribution in [0.1, 0.15) is 60.5 Å². The first kappa shape index (κ1) is 15.5. The largest absolute Gasteiger partial charge is 0.346 e. The van der Waals surface area contributed by atoms with Gasteiger partial charge in [0.25, 0.3) is 0 Å². The number of amidine groups is 1. The van der Waals surface area contributed by atoms with Gasteiger partial charge in [-0.1, -0.05) is 24.8 Å². The Morgan fingerprint density at radius 2 is 2.04 bits per heavy atom. The lowest BCUT2D eigenvalue weighted by Crippen LogP contribution is -2.28. The van der Waals surface area contributed by atoms with E-state index in [1.54, 1.807) is 0 Å². The van der Waals surface area contributed by atoms with Crippen LogP contribution in [0.5, 0.6) is 0 Å². The Morgan fingerprint density at radius 1 is 1.20 bits per heavy atom. The summed E-state index contributed by atoms with van der Waals surface area (Å²) in [6.45, 7) is 7.92. The Hall–Kier alpha value is -1.75. The van der Waals surface area contributed by atoms with E-state index in [1.165, 1.54) is 35.0 Å². The van der Waals surface area contributed by atoms with Crippen LogP contribution >= 0.6 is 11.8 Å². The summed E-state index contributed by atoms with van der Waals surface area (Å²) < 4.78 is 2.55. The summed E-state index contributed by atoms with van der Waals surface area (Å²) >= 11 is 1.91. The van der Waals surface area contributed by atoms with Gasteiger partial charge in [0.05, 0.1) is 11.7 Å². The van der Waals surface area contributed by atoms with Crippen LogP contribution in [0, 0.1) is 13.8 Å². The average molecular weight is 353 g/mol. The van der Waals surface area contributed by atoms with Crippen LogP contribution in [0.3, 0.4) is 0 Å². The highest BCUT2D eigenvalue weighted by Crippen LogP contribution is 2.49. The second-order valence-electron chi connectivity index (χ2n) is 7.56. The molecule has 0 aromatic carbocycles. The number of rotatable bonds is 3. The smallest absolute Gasteiger partial charge is 0.160 e. The van der Waals surface area contributed by atoms with E-state index >= 15 is 0 Å². The van der Waals surface area contributed by atoms with E-state index in [2.05, 4.69) is 53.4 Å². The molecule has 5 rings (SSSR count). The molecule has 4 nitrogen and oxygen atoms in total. The molecule has 2 fully saturated rings. The summed E-state index contributed by atoms with van der Waals surface area (Å²) in [6, 6.07) is 9.68. The van der Waals surface area contributed by atoms with Crippen LogP contribution in [0.4, 0.5) is 0 Å². The molecule has 0 amide bonds. The zero-order chi connectivity index (χ0) is 17.1. The second-order valence-corrected chi connectivity index (χ2v) is 8.97. The van der Waals surface area contributed by atoms with Crippen molar-refractivity contribution in [3.63, 3.8) is 0 Å². The first-order chi connectivity index (χ1) is 12.1. The Bertz CT molecular complexity index is 837. The molecule has 4 heterocycles. The number of fused-ring (bicyclic) bond motifs is 1. The van der Waals surface area contributed by atoms with E-state index in [1.807, 2.05) is 24.0 Å². The maximum Gasteiger partial charge on any atom is 0.160 e. The molecule has 3 unspecified atom stereocenters. The minimum Gasteiger partial charge on any atom is -0.346 e. The number of hydrogen-bond acceptors (Lipinski definition) is 4. The highest BCUT2D eigenvalue weighted by molar-refractivity contribution is 8.14. The van der Waals surface area contributed by atoms with Gasteiger partial charge in [0.15, 0.2) is 5.17 Å². The molecule has 0 radical (unpaired) electrons. The van der Waals surface area contributed by atoms with E-state index in [0.717, 1.165) is 18.3 Å². The van der Waals surface area contributed by atoms with Crippen LogP contribution < -0.4 is 0 Å². The molecule has 2 aromatic rings. The van der Waals surface area contributed by atoms with Gasteiger partial charge in [-0.25, -0.2) is 0 Å². The molecule has 2 aliphatic heterocycles. The van der Waals surface area contributed by atoms with Crippen LogP contribution in [-0.4, -0.2) is 31.4 Å². The third kappa shape index (κ3) is 2.43. The van der Waals surface area contributed by atoms with Gasteiger partial charge in [-0.15, -0.1) is 0 Å². The van der Waals surface area contributed by atoms with E-state index in [4.69, 9.17) is 4.99 Å². The topological polar surface area (TPSA) is 33.4 Å². The van der Waals surface area contributed by atoms with Crippen molar-refractivity contribution in [2.75, 3.05) is 6.54 Å². The first-order valence-electron chi connectivity index (χ1n) is 9.24. The summed E-state index contributed by atoms with van der Waals surface area (Å²) in [5, 5.41) is 1.81. The molecule has 25 heavy (non-hydrogen) atoms. The number of pyridine rings is 1. The van der Waals surface area contributed by atoms with Gasteiger partial charge < -0.3 is 9.47 Å². The van der Waals surface area contributed by atoms with Crippen molar-refractivity contribution in [3.8, 4) is 0 Å². The van der Waals surface area contributed by atoms with E-state index in [0.29, 0.717) is 5.25 Å². The van der Waals surface area contributed by atoms with Gasteiger partial charge in [-0.3, -0.25) is 9.98 Å². The molecule has 1 saturated carbocycles. The Balaban J connectivity index is 1.61. The fourth-order valence-corrected chi connectivity index (χ4v) is 5.54. The van der Waals surface area contributed by atoms with E-state index < -0.39 is 0 Å². The minimum atomic E-state index is 0.101. The molecule has 5 heteroatoms. The molecule has 2 aromatic heterocycles.